The van der Waals surface area contributed by atoms with Crippen LogP contribution in [0.2, 0.25) is 0 Å². The van der Waals surface area contributed by atoms with Crippen LogP contribution in [0.25, 0.3) is 0 Å². The Balaban J connectivity index is 1.40. The summed E-state index contributed by atoms with van der Waals surface area (Å²) in [6, 6.07) is 19.6. The summed E-state index contributed by atoms with van der Waals surface area (Å²) in [7, 11) is 4.65. The first-order chi connectivity index (χ1) is 16.1. The molecule has 3 nitrogen and oxygen atoms in total. The molecule has 0 bridgehead atoms. The van der Waals surface area contributed by atoms with Gasteiger partial charge >= 0.3 is 0 Å². The summed E-state index contributed by atoms with van der Waals surface area (Å²) in [5, 5.41) is 10.3. The van der Waals surface area contributed by atoms with Crippen molar-refractivity contribution in [3.63, 3.8) is 0 Å². The number of likely N-dealkylation sites (N-methyl/N-ethyl adjacent to an activating group) is 1. The van der Waals surface area contributed by atoms with Crippen LogP contribution in [0.15, 0.2) is 54.6 Å². The number of nitrogens with zero attached hydrogens (tertiary/aromatic N) is 2. The van der Waals surface area contributed by atoms with Crippen LogP contribution in [0.1, 0.15) is 75.3 Å². The van der Waals surface area contributed by atoms with E-state index in [0.717, 1.165) is 38.3 Å². The molecule has 2 aliphatic rings. The molecule has 2 aromatic rings. The minimum atomic E-state index is 0.0458. The molecule has 2 aromatic carbocycles. The Labute approximate surface area is 201 Å². The molecule has 0 radical (unpaired) electrons. The molecule has 33 heavy (non-hydrogen) atoms. The average Bonchev–Trinajstić information content (AvgIpc) is 2.87. The van der Waals surface area contributed by atoms with Gasteiger partial charge in [-0.3, -0.25) is 4.90 Å². The van der Waals surface area contributed by atoms with Crippen LogP contribution in [-0.2, 0) is 12.0 Å². The minimum Gasteiger partial charge on any atom is -0.508 e. The third-order valence-electron chi connectivity index (χ3n) is 8.71. The fourth-order valence-corrected chi connectivity index (χ4v) is 6.41. The number of phenolic OH excluding ortho intramolecular Hbond substituents is 1. The highest BCUT2D eigenvalue weighted by atomic mass is 16.3. The molecule has 0 spiro atoms. The zero-order chi connectivity index (χ0) is 23.1. The van der Waals surface area contributed by atoms with E-state index in [1.54, 1.807) is 0 Å². The van der Waals surface area contributed by atoms with Crippen LogP contribution in [0.4, 0.5) is 0 Å². The van der Waals surface area contributed by atoms with Gasteiger partial charge in [0.15, 0.2) is 0 Å². The van der Waals surface area contributed by atoms with Gasteiger partial charge in [0.05, 0.1) is 0 Å². The van der Waals surface area contributed by atoms with Gasteiger partial charge in [0.2, 0.25) is 0 Å². The van der Waals surface area contributed by atoms with Gasteiger partial charge in [-0.05, 0) is 88.3 Å². The van der Waals surface area contributed by atoms with Crippen LogP contribution in [0.3, 0.4) is 0 Å². The average molecular weight is 449 g/mol. The maximum Gasteiger partial charge on any atom is 0.115 e. The van der Waals surface area contributed by atoms with Gasteiger partial charge in [-0.1, -0.05) is 74.6 Å². The second-order valence-electron chi connectivity index (χ2n) is 10.7. The van der Waals surface area contributed by atoms with Crippen molar-refractivity contribution in [2.75, 3.05) is 27.2 Å². The van der Waals surface area contributed by atoms with Crippen molar-refractivity contribution in [2.24, 2.45) is 5.92 Å². The fraction of sp³-hybridized carbons (Fsp3) is 0.600. The number of benzene rings is 2. The molecule has 1 N–H and O–H groups in total. The summed E-state index contributed by atoms with van der Waals surface area (Å²) in [5.41, 5.74) is 2.78. The molecule has 0 amide bonds. The van der Waals surface area contributed by atoms with Gasteiger partial charge in [-0.25, -0.2) is 0 Å². The zero-order valence-corrected chi connectivity index (χ0v) is 20.9. The number of aromatic hydroxyl groups is 1. The van der Waals surface area contributed by atoms with Crippen molar-refractivity contribution in [1.82, 2.24) is 9.80 Å². The molecule has 2 fully saturated rings. The van der Waals surface area contributed by atoms with E-state index in [-0.39, 0.29) is 5.54 Å². The normalized spacial score (nSPS) is 24.4. The van der Waals surface area contributed by atoms with E-state index in [1.807, 2.05) is 18.2 Å². The summed E-state index contributed by atoms with van der Waals surface area (Å²) < 4.78 is 0. The van der Waals surface area contributed by atoms with E-state index in [2.05, 4.69) is 60.3 Å². The summed E-state index contributed by atoms with van der Waals surface area (Å²) in [6.07, 6.45) is 14.3. The van der Waals surface area contributed by atoms with Crippen molar-refractivity contribution >= 4 is 0 Å². The first-order valence-corrected chi connectivity index (χ1v) is 13.3. The maximum absolute atomic E-state index is 10.3. The van der Waals surface area contributed by atoms with Crippen molar-refractivity contribution < 1.29 is 5.11 Å². The first-order valence-electron chi connectivity index (χ1n) is 13.3. The molecular formula is C30H44N2O. The number of phenols is 1. The van der Waals surface area contributed by atoms with E-state index < -0.39 is 0 Å². The molecular weight excluding hydrogens is 404 g/mol. The first kappa shape index (κ1) is 24.3. The van der Waals surface area contributed by atoms with Gasteiger partial charge in [-0.15, -0.1) is 0 Å². The number of rotatable bonds is 9. The Bertz CT molecular complexity index is 837. The van der Waals surface area contributed by atoms with Crippen LogP contribution in [-0.4, -0.2) is 48.1 Å². The third-order valence-corrected chi connectivity index (χ3v) is 8.71. The quantitative estimate of drug-likeness (QED) is 0.468. The highest BCUT2D eigenvalue weighted by molar-refractivity contribution is 5.33. The van der Waals surface area contributed by atoms with E-state index in [0.29, 0.717) is 11.8 Å². The largest absolute Gasteiger partial charge is 0.508 e. The number of hydrogen-bond acceptors (Lipinski definition) is 3. The zero-order valence-electron chi connectivity index (χ0n) is 20.9. The second kappa shape index (κ2) is 11.5. The Kier molecular flexibility index (Phi) is 8.49. The lowest BCUT2D eigenvalue weighted by Gasteiger charge is -2.49. The lowest BCUT2D eigenvalue weighted by molar-refractivity contribution is 0.0349. The van der Waals surface area contributed by atoms with E-state index in [4.69, 9.17) is 0 Å². The Hall–Kier alpha value is -1.84. The lowest BCUT2D eigenvalue weighted by atomic mass is 9.73. The molecule has 2 saturated carbocycles. The minimum absolute atomic E-state index is 0.0458. The van der Waals surface area contributed by atoms with Crippen LogP contribution in [0, 0.1) is 5.92 Å². The van der Waals surface area contributed by atoms with Gasteiger partial charge < -0.3 is 10.0 Å². The van der Waals surface area contributed by atoms with Gasteiger partial charge in [0.25, 0.3) is 0 Å². The predicted molar refractivity (Wildman–Crippen MR) is 139 cm³/mol. The molecule has 0 unspecified atom stereocenters. The SMILES string of the molecule is CN(CCc1ccccc1)C1CCC(c2cccc(O)c2)(N(C)CCC2CCCCC2)CC1. The van der Waals surface area contributed by atoms with Crippen molar-refractivity contribution in [3.8, 4) is 5.75 Å². The summed E-state index contributed by atoms with van der Waals surface area (Å²) in [4.78, 5) is 5.23. The monoisotopic (exact) mass is 448 g/mol. The molecule has 0 heterocycles. The topological polar surface area (TPSA) is 26.7 Å². The lowest BCUT2D eigenvalue weighted by Crippen LogP contribution is -2.50. The summed E-state index contributed by atoms with van der Waals surface area (Å²) >= 11 is 0. The van der Waals surface area contributed by atoms with Crippen molar-refractivity contribution in [1.29, 1.82) is 0 Å². The van der Waals surface area contributed by atoms with Crippen LogP contribution in [0.5, 0.6) is 5.75 Å². The Morgan fingerprint density at radius 2 is 1.58 bits per heavy atom. The third kappa shape index (κ3) is 6.19. The highest BCUT2D eigenvalue weighted by Crippen LogP contribution is 2.44. The Morgan fingerprint density at radius 1 is 0.848 bits per heavy atom. The molecule has 2 aliphatic carbocycles. The summed E-state index contributed by atoms with van der Waals surface area (Å²) in [5.74, 6) is 1.30. The smallest absolute Gasteiger partial charge is 0.115 e. The fourth-order valence-electron chi connectivity index (χ4n) is 6.41. The summed E-state index contributed by atoms with van der Waals surface area (Å²) in [6.45, 7) is 2.28. The van der Waals surface area contributed by atoms with Crippen LogP contribution >= 0.6 is 0 Å². The van der Waals surface area contributed by atoms with Gasteiger partial charge in [0.1, 0.15) is 5.75 Å². The second-order valence-corrected chi connectivity index (χ2v) is 10.7. The highest BCUT2D eigenvalue weighted by Gasteiger charge is 2.41. The predicted octanol–water partition coefficient (Wildman–Crippen LogP) is 6.61. The molecule has 0 saturated heterocycles. The van der Waals surface area contributed by atoms with Crippen molar-refractivity contribution in [3.05, 3.63) is 65.7 Å². The van der Waals surface area contributed by atoms with E-state index in [1.165, 1.54) is 62.5 Å². The van der Waals surface area contributed by atoms with Gasteiger partial charge in [-0.2, -0.15) is 0 Å². The van der Waals surface area contributed by atoms with Gasteiger partial charge in [0, 0.05) is 18.1 Å². The van der Waals surface area contributed by atoms with Crippen LogP contribution < -0.4 is 0 Å². The molecule has 0 atom stereocenters. The molecule has 3 heteroatoms. The van der Waals surface area contributed by atoms with E-state index >= 15 is 0 Å². The van der Waals surface area contributed by atoms with Crippen molar-refractivity contribution in [2.45, 2.75) is 82.2 Å². The standard InChI is InChI=1S/C30H44N2O/c1-31(22-18-25-10-5-3-6-11-25)28-16-20-30(21-17-28,27-14-9-15-29(33)24-27)32(2)23-19-26-12-7-4-8-13-26/h3,5-6,9-11,14-15,24,26,28,33H,4,7-8,12-13,16-23H2,1-2H3. The molecule has 0 aromatic heterocycles. The number of hydrogen-bond donors (Lipinski definition) is 1. The molecule has 180 valence electrons. The molecule has 0 aliphatic heterocycles. The van der Waals surface area contributed by atoms with E-state index in [9.17, 15) is 5.11 Å². The Morgan fingerprint density at radius 3 is 2.27 bits per heavy atom. The molecule has 4 rings (SSSR count). The maximum atomic E-state index is 10.3.